The lowest BCUT2D eigenvalue weighted by atomic mass is 9.96. The fourth-order valence-electron chi connectivity index (χ4n) is 9.69. The van der Waals surface area contributed by atoms with Crippen LogP contribution in [0.15, 0.2) is 0 Å². The summed E-state index contributed by atoms with van der Waals surface area (Å²) in [6.07, 6.45) is 16.8. The van der Waals surface area contributed by atoms with Crippen molar-refractivity contribution in [3.63, 3.8) is 0 Å². The summed E-state index contributed by atoms with van der Waals surface area (Å²) in [5.74, 6) is -2.79. The van der Waals surface area contributed by atoms with Crippen molar-refractivity contribution < 1.29 is 57.5 Å². The third-order valence-corrected chi connectivity index (χ3v) is 14.8. The molecule has 4 atom stereocenters. The summed E-state index contributed by atoms with van der Waals surface area (Å²) in [6, 6.07) is 0. The van der Waals surface area contributed by atoms with E-state index in [0.29, 0.717) is 101 Å². The van der Waals surface area contributed by atoms with Crippen molar-refractivity contribution in [3.8, 4) is 0 Å². The normalized spacial score (nSPS) is 16.0. The van der Waals surface area contributed by atoms with E-state index in [9.17, 15) is 57.5 Å². The van der Waals surface area contributed by atoms with E-state index >= 15 is 0 Å². The average Bonchev–Trinajstić information content (AvgIpc) is 4.13. The van der Waals surface area contributed by atoms with Gasteiger partial charge in [0.2, 0.25) is 70.9 Å². The van der Waals surface area contributed by atoms with Gasteiger partial charge in [-0.1, -0.05) is 25.7 Å². The Morgan fingerprint density at radius 2 is 0.564 bits per heavy atom. The summed E-state index contributed by atoms with van der Waals surface area (Å²) in [5.41, 5.74) is 21.9. The number of carbonyl (C=O) groups excluding carboxylic acids is 12. The van der Waals surface area contributed by atoms with Gasteiger partial charge >= 0.3 is 0 Å². The van der Waals surface area contributed by atoms with Gasteiger partial charge in [-0.3, -0.25) is 57.5 Å². The van der Waals surface area contributed by atoms with Crippen LogP contribution in [0.4, 0.5) is 0 Å². The second-order valence-corrected chi connectivity index (χ2v) is 21.7. The second-order valence-electron chi connectivity index (χ2n) is 21.7. The smallest absolute Gasteiger partial charge is 0.239 e. The van der Waals surface area contributed by atoms with Crippen LogP contribution >= 0.6 is 0 Å². The zero-order valence-electron chi connectivity index (χ0n) is 46.3. The molecule has 0 bridgehead atoms. The Morgan fingerprint density at radius 1 is 0.346 bits per heavy atom. The van der Waals surface area contributed by atoms with Gasteiger partial charge in [0.05, 0.1) is 0 Å². The number of nitrogens with one attached hydrogen (secondary N) is 6. The molecule has 0 radical (unpaired) electrons. The molecular formula is C54H92N12O12. The summed E-state index contributed by atoms with van der Waals surface area (Å²) in [7, 11) is 0. The van der Waals surface area contributed by atoms with E-state index in [-0.39, 0.29) is 135 Å². The van der Waals surface area contributed by atoms with Crippen LogP contribution in [0.5, 0.6) is 0 Å². The maximum atomic E-state index is 12.7. The summed E-state index contributed by atoms with van der Waals surface area (Å²) in [6.45, 7) is 3.36. The first kappa shape index (κ1) is 65.9. The van der Waals surface area contributed by atoms with E-state index in [4.69, 9.17) is 22.9 Å². The number of amides is 12. The van der Waals surface area contributed by atoms with Crippen LogP contribution in [0, 0.1) is 47.3 Å². The van der Waals surface area contributed by atoms with E-state index in [1.54, 1.807) is 0 Å². The lowest BCUT2D eigenvalue weighted by Crippen LogP contribution is -2.46. The summed E-state index contributed by atoms with van der Waals surface area (Å²) < 4.78 is 0. The largest absolute Gasteiger partial charge is 0.369 e. The van der Waals surface area contributed by atoms with Gasteiger partial charge in [0.15, 0.2) is 0 Å². The van der Waals surface area contributed by atoms with Crippen LogP contribution in [0.2, 0.25) is 0 Å². The molecule has 4 aliphatic carbocycles. The van der Waals surface area contributed by atoms with Crippen molar-refractivity contribution in [1.82, 2.24) is 41.7 Å². The van der Waals surface area contributed by atoms with Crippen LogP contribution in [-0.4, -0.2) is 146 Å². The minimum absolute atomic E-state index is 0.0362. The highest BCUT2D eigenvalue weighted by Crippen LogP contribution is 2.41. The highest BCUT2D eigenvalue weighted by molar-refractivity contribution is 5.90. The molecule has 4 fully saturated rings. The van der Waals surface area contributed by atoms with E-state index in [1.165, 1.54) is 23.6 Å². The first-order valence-electron chi connectivity index (χ1n) is 28.4. The number of hydrogen-bond donors (Lipinski definition) is 10. The molecule has 0 aromatic carbocycles. The zero-order chi connectivity index (χ0) is 57.6. The predicted molar refractivity (Wildman–Crippen MR) is 289 cm³/mol. The molecule has 0 heterocycles. The molecule has 4 saturated carbocycles. The van der Waals surface area contributed by atoms with Gasteiger partial charge in [0, 0.05) is 89.6 Å². The van der Waals surface area contributed by atoms with Crippen molar-refractivity contribution in [1.29, 1.82) is 0 Å². The van der Waals surface area contributed by atoms with Gasteiger partial charge in [0.25, 0.3) is 0 Å². The molecule has 0 aliphatic heterocycles. The molecule has 0 aromatic heterocycles. The molecule has 4 rings (SSSR count). The van der Waals surface area contributed by atoms with Crippen LogP contribution < -0.4 is 54.8 Å². The van der Waals surface area contributed by atoms with Crippen molar-refractivity contribution >= 4 is 70.9 Å². The molecule has 4 unspecified atom stereocenters. The number of nitrogens with two attached hydrogens (primary N) is 4. The van der Waals surface area contributed by atoms with Crippen LogP contribution in [-0.2, 0) is 57.5 Å². The van der Waals surface area contributed by atoms with Crippen LogP contribution in [0.1, 0.15) is 155 Å². The van der Waals surface area contributed by atoms with E-state index in [2.05, 4.69) is 31.9 Å². The van der Waals surface area contributed by atoms with Gasteiger partial charge < -0.3 is 64.6 Å². The van der Waals surface area contributed by atoms with Gasteiger partial charge in [-0.25, -0.2) is 0 Å². The molecule has 14 N–H and O–H groups in total. The molecule has 0 spiro atoms. The maximum absolute atomic E-state index is 12.7. The number of hydrogen-bond acceptors (Lipinski definition) is 12. The molecule has 78 heavy (non-hydrogen) atoms. The summed E-state index contributed by atoms with van der Waals surface area (Å²) >= 11 is 0. The van der Waals surface area contributed by atoms with Gasteiger partial charge in [0.1, 0.15) is 26.2 Å². The predicted octanol–water partition coefficient (Wildman–Crippen LogP) is -0.126. The summed E-state index contributed by atoms with van der Waals surface area (Å²) in [5, 5.41) is 16.2. The highest BCUT2D eigenvalue weighted by Gasteiger charge is 2.37. The lowest BCUT2D eigenvalue weighted by Gasteiger charge is -2.22. The average molecular weight is 1100 g/mol. The Balaban J connectivity index is 0.000000410. The first-order chi connectivity index (χ1) is 37.2. The molecule has 12 amide bonds. The Morgan fingerprint density at radius 3 is 0.744 bits per heavy atom. The van der Waals surface area contributed by atoms with E-state index < -0.39 is 11.8 Å². The molecule has 4 aliphatic rings. The minimum atomic E-state index is -0.420. The highest BCUT2D eigenvalue weighted by atomic mass is 16.2. The van der Waals surface area contributed by atoms with Gasteiger partial charge in [-0.2, -0.15) is 0 Å². The van der Waals surface area contributed by atoms with Crippen molar-refractivity contribution in [2.75, 3.05) is 65.4 Å². The third kappa shape index (κ3) is 29.4. The molecule has 0 saturated heterocycles. The first-order valence-corrected chi connectivity index (χ1v) is 28.4. The standard InChI is InChI=1S/2C27H46N6O6/c2*1-18(34)30-15-12-25(37)33(16-23(35)31-13-4-2-6-21(26(28)38)19-8-9-19)17-24(36)32-14-5-3-7-22(27(29)39)20-10-11-20/h2*19-22H,2-17H2,1H3,(H2,28,38)(H2,29,39)(H,30,34)(H,31,35)(H,32,36). The number of primary amides is 4. The van der Waals surface area contributed by atoms with Gasteiger partial charge in [-0.05, 0) is 126 Å². The summed E-state index contributed by atoms with van der Waals surface area (Å²) in [4.78, 5) is 146. The Kier molecular flexibility index (Phi) is 30.4. The van der Waals surface area contributed by atoms with Crippen molar-refractivity contribution in [2.24, 2.45) is 70.3 Å². The SMILES string of the molecule is CC(=O)NCCC(=O)N(CC(=O)NCCCCC(C(N)=O)C1CC1)CC(=O)NCCCCC(C(N)=O)C1CC1.CC(=O)NCCC(=O)N(CC(=O)NCCCCC(C(N)=O)C1CC1)CC(=O)NCCCCC(C(N)=O)C1CC1. The van der Waals surface area contributed by atoms with E-state index in [0.717, 1.165) is 77.0 Å². The monoisotopic (exact) mass is 1100 g/mol. The minimum Gasteiger partial charge on any atom is -0.369 e. The molecule has 440 valence electrons. The number of unbranched alkanes of at least 4 members (excludes halogenated alkanes) is 4. The Labute approximate surface area is 459 Å². The third-order valence-electron chi connectivity index (χ3n) is 14.8. The number of rotatable bonds is 42. The maximum Gasteiger partial charge on any atom is 0.239 e. The fourth-order valence-corrected chi connectivity index (χ4v) is 9.69. The molecule has 0 aromatic rings. The lowest BCUT2D eigenvalue weighted by molar-refractivity contribution is -0.139. The number of carbonyl (C=O) groups is 12. The molecular weight excluding hydrogens is 1010 g/mol. The quantitative estimate of drug-likeness (QED) is 0.0358. The second kappa shape index (κ2) is 35.9. The van der Waals surface area contributed by atoms with Crippen LogP contribution in [0.25, 0.3) is 0 Å². The van der Waals surface area contributed by atoms with Crippen molar-refractivity contribution in [3.05, 3.63) is 0 Å². The topological polar surface area (TPSA) is 388 Å². The zero-order valence-corrected chi connectivity index (χ0v) is 46.3. The molecule has 24 nitrogen and oxygen atoms in total. The van der Waals surface area contributed by atoms with Crippen molar-refractivity contribution in [2.45, 2.75) is 155 Å². The Hall–Kier alpha value is -6.36. The van der Waals surface area contributed by atoms with Gasteiger partial charge in [-0.15, -0.1) is 0 Å². The number of nitrogens with zero attached hydrogens (tertiary/aromatic N) is 2. The fraction of sp³-hybridized carbons (Fsp3) is 0.778. The Bertz CT molecular complexity index is 1780. The molecule has 24 heteroatoms. The van der Waals surface area contributed by atoms with Crippen LogP contribution in [0.3, 0.4) is 0 Å². The van der Waals surface area contributed by atoms with E-state index in [1.807, 2.05) is 0 Å².